The number of aromatic hydroxyl groups is 1. The highest BCUT2D eigenvalue weighted by Gasteiger charge is 2.49. The molecule has 4 heteroatoms. The first kappa shape index (κ1) is 15.6. The van der Waals surface area contributed by atoms with E-state index in [0.717, 1.165) is 29.5 Å². The fourth-order valence-electron chi connectivity index (χ4n) is 3.80. The lowest BCUT2D eigenvalue weighted by atomic mass is 9.89. The molecule has 1 aliphatic carbocycles. The molecule has 0 atom stereocenters. The fraction of sp³-hybridized carbons (Fsp3) is 0.238. The monoisotopic (exact) mass is 333 g/mol. The van der Waals surface area contributed by atoms with Gasteiger partial charge in [0.05, 0.1) is 11.2 Å². The highest BCUT2D eigenvalue weighted by Crippen LogP contribution is 2.56. The molecule has 2 aromatic carbocycles. The van der Waals surface area contributed by atoms with E-state index in [4.69, 9.17) is 4.98 Å². The summed E-state index contributed by atoms with van der Waals surface area (Å²) in [6.45, 7) is 3.84. The largest absolute Gasteiger partial charge is 0.505 e. The maximum Gasteiger partial charge on any atom is 0.340 e. The maximum absolute atomic E-state index is 11.9. The van der Waals surface area contributed by atoms with Gasteiger partial charge < -0.3 is 10.2 Å². The van der Waals surface area contributed by atoms with Crippen LogP contribution in [0.3, 0.4) is 0 Å². The molecule has 0 saturated heterocycles. The van der Waals surface area contributed by atoms with E-state index >= 15 is 0 Å². The van der Waals surface area contributed by atoms with Gasteiger partial charge in [0, 0.05) is 10.8 Å². The first-order chi connectivity index (χ1) is 11.9. The summed E-state index contributed by atoms with van der Waals surface area (Å²) in [7, 11) is 0. The van der Waals surface area contributed by atoms with E-state index in [1.165, 1.54) is 0 Å². The number of hydrogen-bond donors (Lipinski definition) is 2. The van der Waals surface area contributed by atoms with Crippen molar-refractivity contribution >= 4 is 16.9 Å². The molecule has 126 valence electrons. The van der Waals surface area contributed by atoms with Crippen molar-refractivity contribution in [3.63, 3.8) is 0 Å². The number of aromatic carboxylic acids is 1. The predicted octanol–water partition coefficient (Wildman–Crippen LogP) is 4.34. The number of aromatic nitrogens is 1. The third-order valence-corrected chi connectivity index (χ3v) is 5.14. The fourth-order valence-corrected chi connectivity index (χ4v) is 3.80. The van der Waals surface area contributed by atoms with Gasteiger partial charge in [-0.25, -0.2) is 9.78 Å². The van der Waals surface area contributed by atoms with Gasteiger partial charge in [-0.2, -0.15) is 0 Å². The number of carbonyl (C=O) groups is 1. The molecule has 0 amide bonds. The summed E-state index contributed by atoms with van der Waals surface area (Å²) in [6, 6.07) is 13.7. The first-order valence-electron chi connectivity index (χ1n) is 8.37. The van der Waals surface area contributed by atoms with Crippen molar-refractivity contribution < 1.29 is 15.0 Å². The Morgan fingerprint density at radius 3 is 2.40 bits per heavy atom. The SMILES string of the molecule is Cc1cc(C)c2nc(C3(c4ccccc4)CC3)c(O)c(C(=O)O)c2c1. The Kier molecular flexibility index (Phi) is 3.32. The van der Waals surface area contributed by atoms with Crippen LogP contribution >= 0.6 is 0 Å². The summed E-state index contributed by atoms with van der Waals surface area (Å²) >= 11 is 0. The summed E-state index contributed by atoms with van der Waals surface area (Å²) in [5.74, 6) is -1.33. The minimum atomic E-state index is -1.12. The molecular formula is C21H19NO3. The van der Waals surface area contributed by atoms with Crippen LogP contribution in [0.2, 0.25) is 0 Å². The number of fused-ring (bicyclic) bond motifs is 1. The molecule has 1 fully saturated rings. The van der Waals surface area contributed by atoms with Crippen LogP contribution in [-0.2, 0) is 5.41 Å². The van der Waals surface area contributed by atoms with E-state index in [-0.39, 0.29) is 16.7 Å². The van der Waals surface area contributed by atoms with Crippen molar-refractivity contribution in [1.82, 2.24) is 4.98 Å². The number of carboxylic acids is 1. The van der Waals surface area contributed by atoms with Crippen molar-refractivity contribution in [3.05, 3.63) is 70.4 Å². The molecule has 4 nitrogen and oxygen atoms in total. The number of hydrogen-bond acceptors (Lipinski definition) is 3. The summed E-state index contributed by atoms with van der Waals surface area (Å²) in [6.07, 6.45) is 1.71. The van der Waals surface area contributed by atoms with Crippen LogP contribution in [0.25, 0.3) is 10.9 Å². The Morgan fingerprint density at radius 2 is 1.80 bits per heavy atom. The van der Waals surface area contributed by atoms with Gasteiger partial charge in [0.15, 0.2) is 5.75 Å². The summed E-state index contributed by atoms with van der Waals surface area (Å²) in [5, 5.41) is 21.1. The number of pyridine rings is 1. The van der Waals surface area contributed by atoms with E-state index in [1.807, 2.05) is 50.2 Å². The topological polar surface area (TPSA) is 70.4 Å². The molecule has 1 heterocycles. The van der Waals surface area contributed by atoms with Crippen molar-refractivity contribution in [2.45, 2.75) is 32.1 Å². The number of aryl methyl sites for hydroxylation is 2. The average molecular weight is 333 g/mol. The van der Waals surface area contributed by atoms with Gasteiger partial charge >= 0.3 is 5.97 Å². The second-order valence-corrected chi connectivity index (χ2v) is 6.92. The number of rotatable bonds is 3. The normalized spacial score (nSPS) is 15.3. The second-order valence-electron chi connectivity index (χ2n) is 6.92. The van der Waals surface area contributed by atoms with E-state index in [2.05, 4.69) is 0 Å². The highest BCUT2D eigenvalue weighted by atomic mass is 16.4. The number of benzene rings is 2. The van der Waals surface area contributed by atoms with Crippen LogP contribution in [0.15, 0.2) is 42.5 Å². The van der Waals surface area contributed by atoms with Crippen molar-refractivity contribution in [1.29, 1.82) is 0 Å². The van der Waals surface area contributed by atoms with Crippen LogP contribution in [0.5, 0.6) is 5.75 Å². The molecule has 3 aromatic rings. The molecule has 0 spiro atoms. The molecule has 1 aliphatic rings. The summed E-state index contributed by atoms with van der Waals surface area (Å²) < 4.78 is 0. The highest BCUT2D eigenvalue weighted by molar-refractivity contribution is 6.06. The quantitative estimate of drug-likeness (QED) is 0.748. The minimum Gasteiger partial charge on any atom is -0.505 e. The molecule has 0 radical (unpaired) electrons. The molecular weight excluding hydrogens is 314 g/mol. The molecule has 1 saturated carbocycles. The van der Waals surface area contributed by atoms with Gasteiger partial charge in [-0.05, 0) is 43.9 Å². The van der Waals surface area contributed by atoms with Crippen molar-refractivity contribution in [2.24, 2.45) is 0 Å². The van der Waals surface area contributed by atoms with Crippen molar-refractivity contribution in [2.75, 3.05) is 0 Å². The van der Waals surface area contributed by atoms with Gasteiger partial charge in [0.1, 0.15) is 5.56 Å². The standard InChI is InChI=1S/C21H19NO3/c1-12-10-13(2)17-15(11-12)16(20(24)25)18(23)19(22-17)21(8-9-21)14-6-4-3-5-7-14/h3-7,10-11,23H,8-9H2,1-2H3,(H,24,25). The number of carboxylic acid groups (broad SMARTS) is 1. The van der Waals surface area contributed by atoms with Crippen LogP contribution in [0, 0.1) is 13.8 Å². The molecule has 1 aromatic heterocycles. The van der Waals surface area contributed by atoms with Crippen LogP contribution in [0.4, 0.5) is 0 Å². The van der Waals surface area contributed by atoms with Crippen LogP contribution in [0.1, 0.15) is 45.6 Å². The van der Waals surface area contributed by atoms with Gasteiger partial charge in [-0.15, -0.1) is 0 Å². The Balaban J connectivity index is 2.07. The number of nitrogens with zero attached hydrogens (tertiary/aromatic N) is 1. The predicted molar refractivity (Wildman–Crippen MR) is 96.3 cm³/mol. The van der Waals surface area contributed by atoms with Gasteiger partial charge in [-0.3, -0.25) is 0 Å². The zero-order valence-corrected chi connectivity index (χ0v) is 14.2. The lowest BCUT2D eigenvalue weighted by molar-refractivity contribution is 0.0695. The molecule has 2 N–H and O–H groups in total. The third-order valence-electron chi connectivity index (χ3n) is 5.14. The minimum absolute atomic E-state index is 0.0472. The van der Waals surface area contributed by atoms with E-state index in [9.17, 15) is 15.0 Å². The average Bonchev–Trinajstić information content (AvgIpc) is 3.36. The molecule has 0 bridgehead atoms. The summed E-state index contributed by atoms with van der Waals surface area (Å²) in [4.78, 5) is 16.7. The Morgan fingerprint density at radius 1 is 1.12 bits per heavy atom. The zero-order valence-electron chi connectivity index (χ0n) is 14.2. The molecule has 0 aliphatic heterocycles. The van der Waals surface area contributed by atoms with Crippen molar-refractivity contribution in [3.8, 4) is 5.75 Å². The Labute approximate surface area is 145 Å². The van der Waals surface area contributed by atoms with Gasteiger partial charge in [0.25, 0.3) is 0 Å². The molecule has 0 unspecified atom stereocenters. The smallest absolute Gasteiger partial charge is 0.340 e. The summed E-state index contributed by atoms with van der Waals surface area (Å²) in [5.41, 5.74) is 3.63. The Hall–Kier alpha value is -2.88. The molecule has 4 rings (SSSR count). The van der Waals surface area contributed by atoms with Crippen LogP contribution in [-0.4, -0.2) is 21.2 Å². The Bertz CT molecular complexity index is 1000. The van der Waals surface area contributed by atoms with Gasteiger partial charge in [-0.1, -0.05) is 42.0 Å². The lowest BCUT2D eigenvalue weighted by Crippen LogP contribution is -2.14. The molecule has 25 heavy (non-hydrogen) atoms. The van der Waals surface area contributed by atoms with E-state index in [0.29, 0.717) is 16.6 Å². The first-order valence-corrected chi connectivity index (χ1v) is 8.37. The van der Waals surface area contributed by atoms with E-state index in [1.54, 1.807) is 6.07 Å². The zero-order chi connectivity index (χ0) is 17.8. The van der Waals surface area contributed by atoms with Crippen LogP contribution < -0.4 is 0 Å². The second kappa shape index (κ2) is 5.31. The third kappa shape index (κ3) is 2.29. The van der Waals surface area contributed by atoms with E-state index < -0.39 is 5.97 Å². The van der Waals surface area contributed by atoms with Gasteiger partial charge in [0.2, 0.25) is 0 Å². The lowest BCUT2D eigenvalue weighted by Gasteiger charge is -2.20. The maximum atomic E-state index is 11.9.